The predicted octanol–water partition coefficient (Wildman–Crippen LogP) is 5.87. The van der Waals surface area contributed by atoms with Gasteiger partial charge in [0.05, 0.1) is 20.3 Å². The molecule has 0 aliphatic carbocycles. The van der Waals surface area contributed by atoms with Crippen LogP contribution in [0.15, 0.2) is 77.6 Å². The quantitative estimate of drug-likeness (QED) is 0.169. The second-order valence-electron chi connectivity index (χ2n) is 11.0. The van der Waals surface area contributed by atoms with Gasteiger partial charge in [0.2, 0.25) is 0 Å². The van der Waals surface area contributed by atoms with Gasteiger partial charge in [-0.2, -0.15) is 35.7 Å². The molecular formula is C32H29F6N5O4. The number of hydrogen-bond acceptors (Lipinski definition) is 6. The number of nitrogens with zero attached hydrogens (tertiary/aromatic N) is 4. The molecule has 1 aliphatic heterocycles. The van der Waals surface area contributed by atoms with Crippen LogP contribution in [0.25, 0.3) is 11.3 Å². The zero-order valence-electron chi connectivity index (χ0n) is 25.2. The van der Waals surface area contributed by atoms with Gasteiger partial charge in [-0.15, -0.1) is 0 Å². The van der Waals surface area contributed by atoms with Crippen molar-refractivity contribution in [3.8, 4) is 11.5 Å². The van der Waals surface area contributed by atoms with Gasteiger partial charge in [0.25, 0.3) is 5.91 Å². The molecule has 1 N–H and O–H groups in total. The summed E-state index contributed by atoms with van der Waals surface area (Å²) in [4.78, 5) is 27.2. The summed E-state index contributed by atoms with van der Waals surface area (Å²) in [5, 5.41) is 9.83. The number of rotatable bonds is 10. The summed E-state index contributed by atoms with van der Waals surface area (Å²) >= 11 is 0. The molecule has 248 valence electrons. The Morgan fingerprint density at radius 1 is 0.872 bits per heavy atom. The smallest absolute Gasteiger partial charge is 0.416 e. The summed E-state index contributed by atoms with van der Waals surface area (Å²) < 4.78 is 94.7. The van der Waals surface area contributed by atoms with Gasteiger partial charge in [-0.3, -0.25) is 4.79 Å². The van der Waals surface area contributed by atoms with Crippen molar-refractivity contribution in [3.63, 3.8) is 0 Å². The fourth-order valence-electron chi connectivity index (χ4n) is 5.23. The van der Waals surface area contributed by atoms with Gasteiger partial charge in [-0.1, -0.05) is 54.1 Å². The number of tetrazole rings is 1. The lowest BCUT2D eigenvalue weighted by Gasteiger charge is -2.41. The summed E-state index contributed by atoms with van der Waals surface area (Å²) in [7, 11) is 1.50. The number of halogens is 6. The molecular weight excluding hydrogens is 632 g/mol. The number of hydrogen-bond donors (Lipinski definition) is 1. The largest absolute Gasteiger partial charge is 0.497 e. The highest BCUT2D eigenvalue weighted by molar-refractivity contribution is 6.23. The Labute approximate surface area is 264 Å². The Balaban J connectivity index is 1.54. The maximum Gasteiger partial charge on any atom is 0.416 e. The van der Waals surface area contributed by atoms with Gasteiger partial charge in [0.15, 0.2) is 5.54 Å². The maximum atomic E-state index is 15.1. The monoisotopic (exact) mass is 661 g/mol. The molecule has 0 radical (unpaired) electrons. The van der Waals surface area contributed by atoms with Crippen LogP contribution >= 0.6 is 0 Å². The van der Waals surface area contributed by atoms with E-state index in [0.29, 0.717) is 16.0 Å². The summed E-state index contributed by atoms with van der Waals surface area (Å²) in [6.45, 7) is 1.46. The molecule has 5 rings (SSSR count). The Bertz CT molecular complexity index is 1810. The summed E-state index contributed by atoms with van der Waals surface area (Å²) in [6.07, 6.45) is -11.6. The highest BCUT2D eigenvalue weighted by Crippen LogP contribution is 2.49. The average molecular weight is 662 g/mol. The van der Waals surface area contributed by atoms with Crippen molar-refractivity contribution in [1.82, 2.24) is 25.1 Å². The summed E-state index contributed by atoms with van der Waals surface area (Å²) in [5.41, 5.74) is -2.92. The van der Waals surface area contributed by atoms with Crippen LogP contribution in [0.2, 0.25) is 0 Å². The van der Waals surface area contributed by atoms with Crippen molar-refractivity contribution >= 4 is 17.2 Å². The number of methoxy groups -OCH3 is 1. The lowest BCUT2D eigenvalue weighted by Crippen LogP contribution is -2.59. The molecule has 4 aromatic rings. The fraction of sp³-hybridized carbons (Fsp3) is 0.312. The molecule has 1 aromatic heterocycles. The molecule has 15 heteroatoms. The van der Waals surface area contributed by atoms with E-state index in [1.54, 1.807) is 55.5 Å². The van der Waals surface area contributed by atoms with E-state index in [1.165, 1.54) is 19.2 Å². The number of alkyl halides is 6. The number of carbonyl (C=O) groups excluding carboxylic acids is 1. The molecule has 0 fully saturated rings. The Morgan fingerprint density at radius 3 is 2.11 bits per heavy atom. The lowest BCUT2D eigenvalue weighted by molar-refractivity contribution is -0.201. The lowest BCUT2D eigenvalue weighted by atomic mass is 9.77. The van der Waals surface area contributed by atoms with Crippen LogP contribution in [0, 0.1) is 6.92 Å². The number of aryl methyl sites for hydroxylation is 1. The number of amides is 1. The van der Waals surface area contributed by atoms with Gasteiger partial charge in [-0.25, -0.2) is 4.79 Å². The minimum atomic E-state index is -5.03. The van der Waals surface area contributed by atoms with Crippen LogP contribution in [0.3, 0.4) is 0 Å². The molecule has 0 bridgehead atoms. The average Bonchev–Trinajstić information content (AvgIpc) is 3.37. The Hall–Kier alpha value is -5.08. The van der Waals surface area contributed by atoms with Gasteiger partial charge in [0, 0.05) is 12.8 Å². The summed E-state index contributed by atoms with van der Waals surface area (Å²) in [6, 6.07) is 17.8. The van der Waals surface area contributed by atoms with Crippen molar-refractivity contribution in [2.24, 2.45) is 0 Å². The fourth-order valence-corrected chi connectivity index (χ4v) is 5.23. The van der Waals surface area contributed by atoms with E-state index in [1.807, 2.05) is 0 Å². The molecule has 0 saturated heterocycles. The first-order valence-corrected chi connectivity index (χ1v) is 14.4. The Kier molecular flexibility index (Phi) is 9.18. The molecule has 0 spiro atoms. The minimum absolute atomic E-state index is 0.0330. The van der Waals surface area contributed by atoms with Crippen molar-refractivity contribution in [2.45, 2.75) is 50.6 Å². The van der Waals surface area contributed by atoms with Crippen LogP contribution in [0.5, 0.6) is 11.5 Å². The second kappa shape index (κ2) is 13.0. The van der Waals surface area contributed by atoms with E-state index in [9.17, 15) is 22.8 Å². The van der Waals surface area contributed by atoms with E-state index in [2.05, 4.69) is 15.7 Å². The zero-order valence-corrected chi connectivity index (χ0v) is 25.2. The minimum Gasteiger partial charge on any atom is -0.497 e. The number of ether oxygens (including phenoxy) is 2. The van der Waals surface area contributed by atoms with Crippen LogP contribution in [-0.4, -0.2) is 51.8 Å². The number of aromatic nitrogens is 4. The van der Waals surface area contributed by atoms with E-state index in [-0.39, 0.29) is 42.0 Å². The van der Waals surface area contributed by atoms with Crippen molar-refractivity contribution in [1.29, 1.82) is 0 Å². The third kappa shape index (κ3) is 7.18. The number of carbonyl (C=O) groups is 1. The first-order valence-electron chi connectivity index (χ1n) is 14.4. The molecule has 1 amide bonds. The highest BCUT2D eigenvalue weighted by atomic mass is 19.4. The van der Waals surface area contributed by atoms with Gasteiger partial charge < -0.3 is 14.8 Å². The predicted molar refractivity (Wildman–Crippen MR) is 158 cm³/mol. The molecule has 9 nitrogen and oxygen atoms in total. The molecule has 1 aliphatic rings. The molecule has 1 atom stereocenters. The standard InChI is InChI=1S/C32H29F6N5O4/c1-20-4-8-22(9-5-20)26-18-30(32(36,37)38,23-10-14-25(15-11-23)47-17-3-16-31(33,34)35)39-28(44)27(26)43-29(45)42(40-41-43)19-21-6-12-24(46-2)13-7-21/h4-15H,3,16-19H2,1-2H3,(H,39,44)/t30-/m0/s1. The van der Waals surface area contributed by atoms with E-state index >= 15 is 13.2 Å². The maximum absolute atomic E-state index is 15.1. The topological polar surface area (TPSA) is 100 Å². The van der Waals surface area contributed by atoms with Crippen molar-refractivity contribution in [2.75, 3.05) is 13.7 Å². The highest BCUT2D eigenvalue weighted by Gasteiger charge is 2.60. The number of benzene rings is 3. The zero-order chi connectivity index (χ0) is 34.0. The Morgan fingerprint density at radius 2 is 1.51 bits per heavy atom. The van der Waals surface area contributed by atoms with E-state index < -0.39 is 48.0 Å². The normalized spacial score (nSPS) is 17.1. The molecule has 47 heavy (non-hydrogen) atoms. The molecule has 2 heterocycles. The first-order chi connectivity index (χ1) is 22.2. The SMILES string of the molecule is COc1ccc(Cn2nnn(C3=C(c4ccc(C)cc4)C[C@](c4ccc(OCCCC(F)(F)F)cc4)(C(F)(F)F)NC3=O)c2=O)cc1. The van der Waals surface area contributed by atoms with Gasteiger partial charge in [0.1, 0.15) is 17.2 Å². The van der Waals surface area contributed by atoms with Crippen molar-refractivity contribution in [3.05, 3.63) is 106 Å². The van der Waals surface area contributed by atoms with Crippen LogP contribution in [0.4, 0.5) is 26.3 Å². The molecule has 0 saturated carbocycles. The van der Waals surface area contributed by atoms with Crippen LogP contribution in [0.1, 0.15) is 41.5 Å². The third-order valence-corrected chi connectivity index (χ3v) is 7.72. The van der Waals surface area contributed by atoms with Gasteiger partial charge >= 0.3 is 18.0 Å². The molecule has 3 aromatic carbocycles. The van der Waals surface area contributed by atoms with E-state index in [0.717, 1.165) is 22.4 Å². The molecule has 0 unspecified atom stereocenters. The van der Waals surface area contributed by atoms with Crippen LogP contribution in [-0.2, 0) is 16.9 Å². The second-order valence-corrected chi connectivity index (χ2v) is 11.0. The van der Waals surface area contributed by atoms with Crippen molar-refractivity contribution < 1.29 is 40.6 Å². The van der Waals surface area contributed by atoms with Gasteiger partial charge in [-0.05, 0) is 70.3 Å². The number of nitrogens with one attached hydrogen (secondary N) is 1. The summed E-state index contributed by atoms with van der Waals surface area (Å²) in [5.74, 6) is -0.562. The van der Waals surface area contributed by atoms with E-state index in [4.69, 9.17) is 9.47 Å². The van der Waals surface area contributed by atoms with Crippen LogP contribution < -0.4 is 20.5 Å². The third-order valence-electron chi connectivity index (χ3n) is 7.72. The first kappa shape index (κ1) is 33.3.